The van der Waals surface area contributed by atoms with Gasteiger partial charge >= 0.3 is 0 Å². The van der Waals surface area contributed by atoms with Crippen LogP contribution in [0.2, 0.25) is 0 Å². The first-order valence-electron chi connectivity index (χ1n) is 6.89. The summed E-state index contributed by atoms with van der Waals surface area (Å²) in [6, 6.07) is 7.76. The van der Waals surface area contributed by atoms with E-state index in [0.29, 0.717) is 0 Å². The number of hydrogen-bond acceptors (Lipinski definition) is 5. The van der Waals surface area contributed by atoms with Crippen LogP contribution < -0.4 is 0 Å². The minimum atomic E-state index is -0.364. The molecule has 5 heteroatoms. The van der Waals surface area contributed by atoms with E-state index in [9.17, 15) is 4.91 Å². The minimum Gasteiger partial charge on any atom is -0.379 e. The monoisotopic (exact) mass is 294 g/mol. The van der Waals surface area contributed by atoms with E-state index >= 15 is 0 Å². The van der Waals surface area contributed by atoms with Crippen molar-refractivity contribution in [3.63, 3.8) is 0 Å². The van der Waals surface area contributed by atoms with Crippen molar-refractivity contribution >= 4 is 11.8 Å². The van der Waals surface area contributed by atoms with E-state index < -0.39 is 0 Å². The summed E-state index contributed by atoms with van der Waals surface area (Å²) in [7, 11) is 0. The van der Waals surface area contributed by atoms with Gasteiger partial charge in [-0.2, -0.15) is 4.91 Å². The van der Waals surface area contributed by atoms with Crippen molar-refractivity contribution in [3.05, 3.63) is 34.7 Å². The average Bonchev–Trinajstić information content (AvgIpc) is 2.49. The van der Waals surface area contributed by atoms with Crippen LogP contribution in [0.4, 0.5) is 0 Å². The van der Waals surface area contributed by atoms with Gasteiger partial charge in [-0.05, 0) is 37.8 Å². The summed E-state index contributed by atoms with van der Waals surface area (Å²) >= 11 is 1.70. The molecule has 1 unspecified atom stereocenters. The van der Waals surface area contributed by atoms with Gasteiger partial charge in [0.05, 0.1) is 13.2 Å². The minimum absolute atomic E-state index is 0.299. The Balaban J connectivity index is 2.22. The summed E-state index contributed by atoms with van der Waals surface area (Å²) < 4.78 is 5.39. The molecule has 0 spiro atoms. The third-order valence-electron chi connectivity index (χ3n) is 4.03. The third-order valence-corrected chi connectivity index (χ3v) is 4.78. The van der Waals surface area contributed by atoms with Gasteiger partial charge in [0.1, 0.15) is 6.04 Å². The number of nitrogens with zero attached hydrogens (tertiary/aromatic N) is 2. The fraction of sp³-hybridized carbons (Fsp3) is 0.600. The lowest BCUT2D eigenvalue weighted by molar-refractivity contribution is -0.0189. The Hall–Kier alpha value is -0.910. The molecule has 0 aliphatic carbocycles. The number of thioether (sulfide) groups is 1. The highest BCUT2D eigenvalue weighted by Crippen LogP contribution is 2.35. The SMILES string of the molecule is CSc1ccc(C(N=O)C(C)(C)N2CCOCC2)cc1. The molecule has 0 bridgehead atoms. The molecular weight excluding hydrogens is 272 g/mol. The lowest BCUT2D eigenvalue weighted by Gasteiger charge is -2.43. The normalized spacial score (nSPS) is 18.8. The second-order valence-corrected chi connectivity index (χ2v) is 6.41. The predicted octanol–water partition coefficient (Wildman–Crippen LogP) is 3.33. The fourth-order valence-corrected chi connectivity index (χ4v) is 3.10. The summed E-state index contributed by atoms with van der Waals surface area (Å²) in [6.45, 7) is 7.32. The first-order valence-corrected chi connectivity index (χ1v) is 8.11. The molecule has 20 heavy (non-hydrogen) atoms. The standard InChI is InChI=1S/C15H22N2O2S/c1-15(2,17-8-10-19-11-9-17)14(16-18)12-4-6-13(20-3)7-5-12/h4-7,14H,8-11H2,1-3H3. The molecule has 1 aliphatic rings. The first-order chi connectivity index (χ1) is 9.59. The van der Waals surface area contributed by atoms with Gasteiger partial charge in [0.25, 0.3) is 0 Å². The van der Waals surface area contributed by atoms with Crippen LogP contribution in [0.25, 0.3) is 0 Å². The zero-order chi connectivity index (χ0) is 14.6. The Bertz CT molecular complexity index is 442. The topological polar surface area (TPSA) is 41.9 Å². The Kier molecular flexibility index (Phi) is 5.18. The average molecular weight is 294 g/mol. The quantitative estimate of drug-likeness (QED) is 0.617. The number of rotatable bonds is 5. The summed E-state index contributed by atoms with van der Waals surface area (Å²) in [5, 5.41) is 3.42. The number of ether oxygens (including phenoxy) is 1. The largest absolute Gasteiger partial charge is 0.379 e. The number of benzene rings is 1. The van der Waals surface area contributed by atoms with Crippen LogP contribution in [0, 0.1) is 4.91 Å². The fourth-order valence-electron chi connectivity index (χ4n) is 2.70. The Morgan fingerprint density at radius 1 is 1.25 bits per heavy atom. The lowest BCUT2D eigenvalue weighted by atomic mass is 9.87. The molecule has 0 amide bonds. The van der Waals surface area contributed by atoms with Crippen LogP contribution in [-0.2, 0) is 4.74 Å². The van der Waals surface area contributed by atoms with Crippen molar-refractivity contribution in [2.45, 2.75) is 30.3 Å². The van der Waals surface area contributed by atoms with Gasteiger partial charge in [0, 0.05) is 23.5 Å². The van der Waals surface area contributed by atoms with E-state index in [0.717, 1.165) is 31.9 Å². The van der Waals surface area contributed by atoms with Crippen molar-refractivity contribution in [2.24, 2.45) is 5.18 Å². The van der Waals surface area contributed by atoms with E-state index in [-0.39, 0.29) is 11.6 Å². The van der Waals surface area contributed by atoms with Crippen LogP contribution in [0.3, 0.4) is 0 Å². The summed E-state index contributed by atoms with van der Waals surface area (Å²) in [4.78, 5) is 14.9. The smallest absolute Gasteiger partial charge is 0.135 e. The molecule has 4 nitrogen and oxygen atoms in total. The summed E-state index contributed by atoms with van der Waals surface area (Å²) in [6.07, 6.45) is 2.04. The molecule has 1 atom stereocenters. The van der Waals surface area contributed by atoms with Crippen LogP contribution in [0.15, 0.2) is 34.3 Å². The lowest BCUT2D eigenvalue weighted by Crippen LogP contribution is -2.52. The van der Waals surface area contributed by atoms with E-state index in [1.165, 1.54) is 4.90 Å². The third kappa shape index (κ3) is 3.22. The molecule has 0 saturated carbocycles. The van der Waals surface area contributed by atoms with Crippen molar-refractivity contribution in [2.75, 3.05) is 32.6 Å². The molecule has 0 aromatic heterocycles. The zero-order valence-electron chi connectivity index (χ0n) is 12.3. The predicted molar refractivity (Wildman–Crippen MR) is 83.2 cm³/mol. The molecule has 2 rings (SSSR count). The number of nitroso groups, excluding NO2 is 1. The maximum atomic E-state index is 11.4. The van der Waals surface area contributed by atoms with Gasteiger partial charge in [-0.3, -0.25) is 4.90 Å². The van der Waals surface area contributed by atoms with E-state index in [2.05, 4.69) is 23.9 Å². The Morgan fingerprint density at radius 2 is 1.85 bits per heavy atom. The molecule has 0 N–H and O–H groups in total. The number of hydrogen-bond donors (Lipinski definition) is 0. The van der Waals surface area contributed by atoms with E-state index in [4.69, 9.17) is 4.74 Å². The van der Waals surface area contributed by atoms with Crippen molar-refractivity contribution < 1.29 is 4.74 Å². The highest BCUT2D eigenvalue weighted by Gasteiger charge is 2.38. The second kappa shape index (κ2) is 6.70. The van der Waals surface area contributed by atoms with Gasteiger partial charge in [0.2, 0.25) is 0 Å². The first kappa shape index (κ1) is 15.5. The van der Waals surface area contributed by atoms with Crippen molar-refractivity contribution in [1.29, 1.82) is 0 Å². The molecule has 110 valence electrons. The van der Waals surface area contributed by atoms with Gasteiger partial charge in [-0.15, -0.1) is 11.8 Å². The van der Waals surface area contributed by atoms with E-state index in [1.54, 1.807) is 11.8 Å². The van der Waals surface area contributed by atoms with Crippen molar-refractivity contribution in [3.8, 4) is 0 Å². The van der Waals surface area contributed by atoms with Crippen LogP contribution >= 0.6 is 11.8 Å². The zero-order valence-corrected chi connectivity index (χ0v) is 13.2. The van der Waals surface area contributed by atoms with Gasteiger partial charge in [-0.1, -0.05) is 17.3 Å². The maximum absolute atomic E-state index is 11.4. The van der Waals surface area contributed by atoms with Crippen LogP contribution in [-0.4, -0.2) is 43.0 Å². The van der Waals surface area contributed by atoms with Crippen LogP contribution in [0.5, 0.6) is 0 Å². The molecule has 1 saturated heterocycles. The molecular formula is C15H22N2O2S. The molecule has 1 aliphatic heterocycles. The highest BCUT2D eigenvalue weighted by molar-refractivity contribution is 7.98. The van der Waals surface area contributed by atoms with Gasteiger partial charge < -0.3 is 4.74 Å². The second-order valence-electron chi connectivity index (χ2n) is 5.53. The van der Waals surface area contributed by atoms with Crippen molar-refractivity contribution in [1.82, 2.24) is 4.90 Å². The summed E-state index contributed by atoms with van der Waals surface area (Å²) in [5.41, 5.74) is 0.682. The Labute approximate surface area is 124 Å². The Morgan fingerprint density at radius 3 is 2.35 bits per heavy atom. The molecule has 1 aromatic carbocycles. The summed E-state index contributed by atoms with van der Waals surface area (Å²) in [5.74, 6) is 0. The molecule has 1 aromatic rings. The highest BCUT2D eigenvalue weighted by atomic mass is 32.2. The number of morpholine rings is 1. The molecule has 0 radical (unpaired) electrons. The van der Waals surface area contributed by atoms with Gasteiger partial charge in [-0.25, -0.2) is 0 Å². The van der Waals surface area contributed by atoms with E-state index in [1.807, 2.05) is 30.5 Å². The molecule has 1 fully saturated rings. The molecule has 1 heterocycles. The van der Waals surface area contributed by atoms with Gasteiger partial charge in [0.15, 0.2) is 0 Å². The maximum Gasteiger partial charge on any atom is 0.135 e. The van der Waals surface area contributed by atoms with Crippen LogP contribution in [0.1, 0.15) is 25.5 Å².